The van der Waals surface area contributed by atoms with Crippen molar-refractivity contribution >= 4 is 115 Å². The number of aryl methyl sites for hydroxylation is 2. The Morgan fingerprint density at radius 2 is 1.12 bits per heavy atom. The molecule has 348 valence electrons. The molecule has 0 saturated heterocycles. The molecule has 4 unspecified atom stereocenters. The van der Waals surface area contributed by atoms with E-state index in [1.165, 1.54) is 103 Å². The predicted octanol–water partition coefficient (Wildman–Crippen LogP) is 14.5. The number of benzene rings is 9. The second-order valence-corrected chi connectivity index (χ2v) is 26.4. The van der Waals surface area contributed by atoms with Crippen LogP contribution in [-0.4, -0.2) is 15.5 Å². The smallest absolute Gasteiger partial charge is 0.252 e. The molecule has 0 amide bonds. The number of nitrogens with zero attached hydrogens (tertiary/aromatic N) is 2. The van der Waals surface area contributed by atoms with Crippen LogP contribution in [0.5, 0.6) is 0 Å². The Balaban J connectivity index is 0.995. The summed E-state index contributed by atoms with van der Waals surface area (Å²) in [6.07, 6.45) is 4.16. The molecule has 0 radical (unpaired) electrons. The fourth-order valence-electron chi connectivity index (χ4n) is 17.3. The zero-order valence-corrected chi connectivity index (χ0v) is 42.6. The number of rotatable bonds is 4. The Hall–Kier alpha value is -7.54. The van der Waals surface area contributed by atoms with Gasteiger partial charge in [-0.1, -0.05) is 127 Å². The Morgan fingerprint density at radius 1 is 0.521 bits per heavy atom. The van der Waals surface area contributed by atoms with Gasteiger partial charge in [0.05, 0.1) is 14.5 Å². The van der Waals surface area contributed by atoms with Gasteiger partial charge < -0.3 is 18.6 Å². The molecule has 4 atom stereocenters. The minimum atomic E-state index is -1.02. The zero-order valence-electron chi connectivity index (χ0n) is 41.5. The largest absolute Gasteiger partial charge is 0.456 e. The molecule has 5 aliphatic carbocycles. The van der Waals surface area contributed by atoms with Crippen LogP contribution < -0.4 is 31.4 Å². The summed E-state index contributed by atoms with van der Waals surface area (Å²) in [6.45, 7) is 9.30. The highest BCUT2D eigenvalue weighted by Gasteiger charge is 2.90. The van der Waals surface area contributed by atoms with Crippen LogP contribution in [0.2, 0.25) is 13.1 Å². The van der Waals surface area contributed by atoms with Crippen molar-refractivity contribution < 1.29 is 8.83 Å². The first-order valence-corrected chi connectivity index (χ1v) is 29.8. The van der Waals surface area contributed by atoms with E-state index in [2.05, 4.69) is 207 Å². The Bertz CT molecular complexity index is 4290. The van der Waals surface area contributed by atoms with Crippen molar-refractivity contribution in [1.29, 1.82) is 0 Å². The number of hydrogen-bond acceptors (Lipinski definition) is 4. The Kier molecular flexibility index (Phi) is 7.31. The number of anilines is 6. The van der Waals surface area contributed by atoms with E-state index >= 15 is 0 Å². The third-order valence-corrected chi connectivity index (χ3v) is 22.0. The fraction of sp³-hybridized carbons (Fsp3) is 0.194. The van der Waals surface area contributed by atoms with Gasteiger partial charge in [0.25, 0.3) is 6.71 Å². The summed E-state index contributed by atoms with van der Waals surface area (Å²) in [4.78, 5) is 5.35. The summed E-state index contributed by atoms with van der Waals surface area (Å²) >= 11 is 0. The summed E-state index contributed by atoms with van der Waals surface area (Å²) in [7, 11) is -1.02. The molecule has 9 aromatic carbocycles. The average molecular weight is 955 g/mol. The van der Waals surface area contributed by atoms with Crippen LogP contribution in [0.3, 0.4) is 0 Å². The maximum absolute atomic E-state index is 6.92. The molecule has 4 heterocycles. The van der Waals surface area contributed by atoms with Gasteiger partial charge in [-0.15, -0.1) is 0 Å². The lowest BCUT2D eigenvalue weighted by molar-refractivity contribution is -0.412. The molecule has 7 aliphatic rings. The summed E-state index contributed by atoms with van der Waals surface area (Å²) in [5.41, 5.74) is 26.6. The van der Waals surface area contributed by atoms with Crippen LogP contribution >= 0.6 is 0 Å². The number of para-hydroxylation sites is 2. The van der Waals surface area contributed by atoms with E-state index in [1.807, 2.05) is 0 Å². The first kappa shape index (κ1) is 40.0. The van der Waals surface area contributed by atoms with Gasteiger partial charge in [-0.05, 0) is 184 Å². The molecule has 4 nitrogen and oxygen atoms in total. The molecule has 0 bridgehead atoms. The molecule has 4 saturated carbocycles. The highest BCUT2D eigenvalue weighted by Crippen LogP contribution is 2.95. The Labute approximate surface area is 426 Å². The van der Waals surface area contributed by atoms with E-state index < -0.39 is 8.80 Å². The first-order valence-electron chi connectivity index (χ1n) is 26.9. The van der Waals surface area contributed by atoms with E-state index in [0.717, 1.165) is 61.4 Å². The molecule has 0 N–H and O–H groups in total. The van der Waals surface area contributed by atoms with Crippen molar-refractivity contribution in [2.75, 3.05) is 9.80 Å². The van der Waals surface area contributed by atoms with Crippen molar-refractivity contribution in [1.82, 2.24) is 0 Å². The van der Waals surface area contributed by atoms with E-state index in [4.69, 9.17) is 8.83 Å². The molecule has 73 heavy (non-hydrogen) atoms. The monoisotopic (exact) mass is 954 g/mol. The standard InChI is InChI=1S/C67H51BN2O2Si/c1-36-17-22-42(23-18-36)69-53-32-47-44-11-6-9-15-57(44)71-59(47)34-50(53)68-51-35-60-48(45-12-7-10-16-58(45)72-60)33-54(51)70(56-28-39(27-55(69)65(56)68)38-20-24-43(25-21-38)73(3)4)52-26-19-37(2)63-46-13-5-8-14-49(46)67(64(52)63)61-30-40-29-41-31-62(67)66(40,41)61/h5-28,32-35,40-41,61-62,73H,29-31H2,1-4H3. The lowest BCUT2D eigenvalue weighted by atomic mass is 9.11. The second-order valence-electron chi connectivity index (χ2n) is 23.4. The molecule has 2 spiro atoms. The lowest BCUT2D eigenvalue weighted by Gasteiger charge is -2.92. The minimum Gasteiger partial charge on any atom is -0.456 e. The second kappa shape index (κ2) is 13.3. The average Bonchev–Trinajstić information content (AvgIpc) is 4.28. The lowest BCUT2D eigenvalue weighted by Crippen LogP contribution is -2.88. The van der Waals surface area contributed by atoms with Crippen LogP contribution in [0.15, 0.2) is 179 Å². The third kappa shape index (κ3) is 4.57. The van der Waals surface area contributed by atoms with Crippen molar-refractivity contribution in [3.63, 3.8) is 0 Å². The normalized spacial score (nSPS) is 23.9. The topological polar surface area (TPSA) is 32.8 Å². The molecule has 4 fully saturated rings. The third-order valence-electron chi connectivity index (χ3n) is 20.3. The maximum Gasteiger partial charge on any atom is 0.252 e. The van der Waals surface area contributed by atoms with Gasteiger partial charge >= 0.3 is 0 Å². The van der Waals surface area contributed by atoms with Gasteiger partial charge in [0, 0.05) is 55.4 Å². The summed E-state index contributed by atoms with van der Waals surface area (Å²) < 4.78 is 13.8. The molecule has 2 aromatic heterocycles. The number of furan rings is 2. The Morgan fingerprint density at radius 3 is 1.77 bits per heavy atom. The zero-order chi connectivity index (χ0) is 48.0. The molecular formula is C67H51BN2O2Si. The highest BCUT2D eigenvalue weighted by molar-refractivity contribution is 7.00. The predicted molar refractivity (Wildman–Crippen MR) is 305 cm³/mol. The van der Waals surface area contributed by atoms with Gasteiger partial charge in [0.15, 0.2) is 0 Å². The van der Waals surface area contributed by atoms with Crippen molar-refractivity contribution in [2.24, 2.45) is 29.1 Å². The number of hydrogen-bond donors (Lipinski definition) is 0. The minimum absolute atomic E-state index is 0.00811. The first-order chi connectivity index (χ1) is 35.8. The van der Waals surface area contributed by atoms with E-state index in [-0.39, 0.29) is 12.1 Å². The van der Waals surface area contributed by atoms with E-state index in [0.29, 0.717) is 17.3 Å². The SMILES string of the molecule is Cc1ccc(N2c3cc4c(cc3B3c5cc6oc7ccccc7c6cc5N(c5ccc(C)c6c5C5(c7ccccc7-6)C6CC7CC8CC5C786)c5cc(-c6ccc([SiH](C)C)cc6)cc2c53)oc2ccccc24)cc1. The van der Waals surface area contributed by atoms with E-state index in [1.54, 1.807) is 11.1 Å². The fourth-order valence-corrected chi connectivity index (χ4v) is 18.3. The van der Waals surface area contributed by atoms with Crippen molar-refractivity contribution in [2.45, 2.75) is 51.6 Å². The molecule has 2 aliphatic heterocycles. The number of fused-ring (bicyclic) bond motifs is 17. The van der Waals surface area contributed by atoms with Gasteiger partial charge in [0.1, 0.15) is 22.3 Å². The van der Waals surface area contributed by atoms with Crippen LogP contribution in [0.4, 0.5) is 34.1 Å². The van der Waals surface area contributed by atoms with Crippen molar-refractivity contribution in [3.8, 4) is 22.3 Å². The van der Waals surface area contributed by atoms with Gasteiger partial charge in [-0.2, -0.15) is 0 Å². The van der Waals surface area contributed by atoms with Gasteiger partial charge in [-0.25, -0.2) is 0 Å². The quantitative estimate of drug-likeness (QED) is 0.165. The van der Waals surface area contributed by atoms with Crippen LogP contribution in [0.25, 0.3) is 66.1 Å². The molecule has 11 aromatic rings. The molecular weight excluding hydrogens is 904 g/mol. The molecule has 18 rings (SSSR count). The van der Waals surface area contributed by atoms with Crippen molar-refractivity contribution in [3.05, 3.63) is 192 Å². The van der Waals surface area contributed by atoms with Crippen LogP contribution in [0, 0.1) is 42.9 Å². The molecule has 6 heteroatoms. The van der Waals surface area contributed by atoms with Gasteiger partial charge in [-0.3, -0.25) is 0 Å². The summed E-state index contributed by atoms with van der Waals surface area (Å²) in [5, 5.41) is 6.06. The van der Waals surface area contributed by atoms with Crippen LogP contribution in [-0.2, 0) is 5.41 Å². The maximum atomic E-state index is 6.92. The van der Waals surface area contributed by atoms with Crippen LogP contribution in [0.1, 0.15) is 41.5 Å². The van der Waals surface area contributed by atoms with E-state index in [9.17, 15) is 0 Å². The summed E-state index contributed by atoms with van der Waals surface area (Å²) in [5.74, 6) is 3.19. The summed E-state index contributed by atoms with van der Waals surface area (Å²) in [6, 6.07) is 65.4. The highest BCUT2D eigenvalue weighted by atomic mass is 28.3. The van der Waals surface area contributed by atoms with Gasteiger partial charge in [0.2, 0.25) is 0 Å².